The van der Waals surface area contributed by atoms with Gasteiger partial charge in [-0.15, -0.1) is 0 Å². The van der Waals surface area contributed by atoms with Crippen molar-refractivity contribution < 1.29 is 28.2 Å². The Morgan fingerprint density at radius 3 is 2.39 bits per heavy atom. The van der Waals surface area contributed by atoms with E-state index in [-0.39, 0.29) is 17.9 Å². The van der Waals surface area contributed by atoms with E-state index in [9.17, 15) is 14.0 Å². The van der Waals surface area contributed by atoms with Crippen molar-refractivity contribution in [2.24, 2.45) is 0 Å². The first-order valence-electron chi connectivity index (χ1n) is 9.89. The number of ether oxygens (including phenoxy) is 3. The lowest BCUT2D eigenvalue weighted by Gasteiger charge is -2.20. The number of hydrogen-bond acceptors (Lipinski definition) is 7. The van der Waals surface area contributed by atoms with Gasteiger partial charge in [0.1, 0.15) is 11.5 Å². The summed E-state index contributed by atoms with van der Waals surface area (Å²) in [5.41, 5.74) is 1.45. The largest absolute Gasteiger partial charge is 0.493 e. The van der Waals surface area contributed by atoms with Gasteiger partial charge in [-0.25, -0.2) is 9.37 Å². The summed E-state index contributed by atoms with van der Waals surface area (Å²) in [6.45, 7) is 0. The van der Waals surface area contributed by atoms with Crippen LogP contribution in [0, 0.1) is 5.82 Å². The van der Waals surface area contributed by atoms with Crippen molar-refractivity contribution in [2.75, 3.05) is 27.6 Å². The second-order valence-electron chi connectivity index (χ2n) is 6.86. The molecule has 0 saturated carbocycles. The van der Waals surface area contributed by atoms with Gasteiger partial charge < -0.3 is 19.5 Å². The van der Waals surface area contributed by atoms with Crippen molar-refractivity contribution in [1.29, 1.82) is 0 Å². The van der Waals surface area contributed by atoms with Gasteiger partial charge in [0, 0.05) is 5.69 Å². The summed E-state index contributed by atoms with van der Waals surface area (Å²) in [5, 5.41) is 3.44. The molecule has 1 atom stereocenters. The van der Waals surface area contributed by atoms with Crippen molar-refractivity contribution in [3.63, 3.8) is 0 Å². The molecule has 1 heterocycles. The van der Waals surface area contributed by atoms with Gasteiger partial charge >= 0.3 is 5.97 Å². The molecule has 0 spiro atoms. The Balaban J connectivity index is 1.97. The van der Waals surface area contributed by atoms with Crippen LogP contribution in [-0.4, -0.2) is 49.0 Å². The maximum absolute atomic E-state index is 13.4. The summed E-state index contributed by atoms with van der Waals surface area (Å²) in [7, 11) is 4.30. The molecule has 174 valence electrons. The zero-order chi connectivity index (χ0) is 24.0. The van der Waals surface area contributed by atoms with Gasteiger partial charge in [-0.1, -0.05) is 17.8 Å². The molecule has 0 aliphatic rings. The van der Waals surface area contributed by atoms with Crippen LogP contribution in [0.1, 0.15) is 28.5 Å². The smallest absolute Gasteiger partial charge is 0.307 e. The Kier molecular flexibility index (Phi) is 7.94. The van der Waals surface area contributed by atoms with Crippen molar-refractivity contribution in [2.45, 2.75) is 17.6 Å². The number of rotatable bonds is 9. The van der Waals surface area contributed by atoms with Crippen molar-refractivity contribution in [3.05, 3.63) is 65.7 Å². The van der Waals surface area contributed by atoms with E-state index in [4.69, 9.17) is 14.2 Å². The normalized spacial score (nSPS) is 11.5. The van der Waals surface area contributed by atoms with Crippen LogP contribution in [0.5, 0.6) is 11.5 Å². The monoisotopic (exact) mass is 473 g/mol. The molecular formula is C23H24FN3O5S. The summed E-state index contributed by atoms with van der Waals surface area (Å²) in [4.78, 5) is 29.7. The number of halogens is 1. The van der Waals surface area contributed by atoms with E-state index in [1.54, 1.807) is 34.9 Å². The Hall–Kier alpha value is -3.53. The Morgan fingerprint density at radius 1 is 1.09 bits per heavy atom. The third kappa shape index (κ3) is 5.46. The molecule has 8 nitrogen and oxygen atoms in total. The van der Waals surface area contributed by atoms with Gasteiger partial charge in [0.05, 0.1) is 40.0 Å². The lowest BCUT2D eigenvalue weighted by atomic mass is 10.0. The molecule has 0 fully saturated rings. The average molecular weight is 474 g/mol. The molecule has 0 saturated heterocycles. The fraction of sp³-hybridized carbons (Fsp3) is 0.261. The van der Waals surface area contributed by atoms with Crippen LogP contribution in [0.3, 0.4) is 0 Å². The highest BCUT2D eigenvalue weighted by atomic mass is 32.2. The molecular weight excluding hydrogens is 449 g/mol. The van der Waals surface area contributed by atoms with Crippen LogP contribution in [0.4, 0.5) is 4.39 Å². The van der Waals surface area contributed by atoms with Gasteiger partial charge in [0.2, 0.25) is 0 Å². The second-order valence-corrected chi connectivity index (χ2v) is 7.64. The van der Waals surface area contributed by atoms with Gasteiger partial charge in [-0.05, 0) is 48.2 Å². The molecule has 1 unspecified atom stereocenters. The number of benzene rings is 2. The maximum Gasteiger partial charge on any atom is 0.307 e. The number of carbonyl (C=O) groups is 2. The second kappa shape index (κ2) is 10.9. The maximum atomic E-state index is 13.4. The number of aromatic nitrogens is 2. The predicted octanol–water partition coefficient (Wildman–Crippen LogP) is 3.78. The highest BCUT2D eigenvalue weighted by Crippen LogP contribution is 2.31. The Bertz CT molecular complexity index is 1130. The van der Waals surface area contributed by atoms with Crippen LogP contribution in [0.15, 0.2) is 53.8 Å². The van der Waals surface area contributed by atoms with Gasteiger partial charge in [-0.3, -0.25) is 14.2 Å². The quantitative estimate of drug-likeness (QED) is 0.373. The van der Waals surface area contributed by atoms with Crippen LogP contribution in [0.2, 0.25) is 0 Å². The molecule has 0 bridgehead atoms. The minimum Gasteiger partial charge on any atom is -0.493 e. The first-order chi connectivity index (χ1) is 15.9. The Labute approximate surface area is 195 Å². The lowest BCUT2D eigenvalue weighted by molar-refractivity contribution is -0.141. The van der Waals surface area contributed by atoms with E-state index < -0.39 is 17.9 Å². The van der Waals surface area contributed by atoms with Gasteiger partial charge in [-0.2, -0.15) is 0 Å². The molecule has 3 aromatic rings. The highest BCUT2D eigenvalue weighted by molar-refractivity contribution is 7.98. The van der Waals surface area contributed by atoms with E-state index in [1.807, 2.05) is 6.26 Å². The summed E-state index contributed by atoms with van der Waals surface area (Å²) in [6.07, 6.45) is 3.17. The zero-order valence-corrected chi connectivity index (χ0v) is 19.4. The Morgan fingerprint density at radius 2 is 1.79 bits per heavy atom. The third-order valence-electron chi connectivity index (χ3n) is 4.94. The topological polar surface area (TPSA) is 91.7 Å². The van der Waals surface area contributed by atoms with Crippen molar-refractivity contribution in [1.82, 2.24) is 14.9 Å². The third-order valence-corrected chi connectivity index (χ3v) is 5.60. The highest BCUT2D eigenvalue weighted by Gasteiger charge is 2.24. The molecule has 0 radical (unpaired) electrons. The fourth-order valence-electron chi connectivity index (χ4n) is 3.28. The molecule has 1 aromatic heterocycles. The first kappa shape index (κ1) is 24.1. The summed E-state index contributed by atoms with van der Waals surface area (Å²) >= 11 is 1.34. The number of nitrogens with one attached hydrogen (secondary N) is 1. The van der Waals surface area contributed by atoms with Gasteiger partial charge in [0.15, 0.2) is 16.7 Å². The molecule has 1 amide bonds. The van der Waals surface area contributed by atoms with Crippen LogP contribution in [0.25, 0.3) is 5.69 Å². The van der Waals surface area contributed by atoms with Crippen LogP contribution in [-0.2, 0) is 9.53 Å². The average Bonchev–Trinajstić information content (AvgIpc) is 3.27. The van der Waals surface area contributed by atoms with E-state index in [0.29, 0.717) is 27.9 Å². The minimum absolute atomic E-state index is 0.0994. The van der Waals surface area contributed by atoms with E-state index in [0.717, 1.165) is 0 Å². The molecule has 2 aromatic carbocycles. The minimum atomic E-state index is -0.709. The fourth-order valence-corrected chi connectivity index (χ4v) is 3.83. The number of nitrogens with zero attached hydrogens (tertiary/aromatic N) is 2. The van der Waals surface area contributed by atoms with Crippen LogP contribution >= 0.6 is 11.8 Å². The van der Waals surface area contributed by atoms with Crippen molar-refractivity contribution in [3.8, 4) is 17.2 Å². The van der Waals surface area contributed by atoms with E-state index in [2.05, 4.69) is 10.3 Å². The molecule has 33 heavy (non-hydrogen) atoms. The molecule has 10 heteroatoms. The van der Waals surface area contributed by atoms with Crippen molar-refractivity contribution >= 4 is 23.6 Å². The van der Waals surface area contributed by atoms with E-state index >= 15 is 0 Å². The summed E-state index contributed by atoms with van der Waals surface area (Å²) in [5.74, 6) is -0.367. The number of imidazole rings is 1. The summed E-state index contributed by atoms with van der Waals surface area (Å²) in [6, 6.07) is 10.2. The van der Waals surface area contributed by atoms with Gasteiger partial charge in [0.25, 0.3) is 5.91 Å². The standard InChI is InChI=1S/C23H24FN3O5S/c1-30-19-10-5-14(11-20(19)31-2)17(12-21(28)32-3)26-22(29)18-13-25-23(33-4)27(18)16-8-6-15(24)7-9-16/h5-11,13,17H,12H2,1-4H3,(H,26,29). The predicted molar refractivity (Wildman–Crippen MR) is 122 cm³/mol. The number of methoxy groups -OCH3 is 3. The summed E-state index contributed by atoms with van der Waals surface area (Å²) < 4.78 is 30.5. The van der Waals surface area contributed by atoms with Crippen LogP contribution < -0.4 is 14.8 Å². The number of carbonyl (C=O) groups excluding carboxylic acids is 2. The first-order valence-corrected chi connectivity index (χ1v) is 11.1. The number of esters is 1. The molecule has 1 N–H and O–H groups in total. The number of thioether (sulfide) groups is 1. The molecule has 0 aliphatic carbocycles. The zero-order valence-electron chi connectivity index (χ0n) is 18.6. The SMILES string of the molecule is COC(=O)CC(NC(=O)c1cnc(SC)n1-c1ccc(F)cc1)c1ccc(OC)c(OC)c1. The molecule has 0 aliphatic heterocycles. The number of hydrogen-bond donors (Lipinski definition) is 1. The van der Waals surface area contributed by atoms with E-state index in [1.165, 1.54) is 51.4 Å². The molecule has 3 rings (SSSR count). The lowest BCUT2D eigenvalue weighted by Crippen LogP contribution is -2.32. The number of amides is 1.